The summed E-state index contributed by atoms with van der Waals surface area (Å²) in [7, 11) is 0.873. The average Bonchev–Trinajstić information content (AvgIpc) is 3.54. The first-order valence-corrected chi connectivity index (χ1v) is 24.1. The summed E-state index contributed by atoms with van der Waals surface area (Å²) in [6, 6.07) is -0.840. The maximum Gasteiger partial charge on any atom is 0.265 e. The van der Waals surface area contributed by atoms with Gasteiger partial charge in [-0.05, 0) is 118 Å². The molecule has 304 valence electrons. The van der Waals surface area contributed by atoms with E-state index in [1.165, 1.54) is 0 Å². The van der Waals surface area contributed by atoms with E-state index in [0.717, 1.165) is 58.0 Å². The van der Waals surface area contributed by atoms with Gasteiger partial charge in [0.05, 0.1) is 29.3 Å². The zero-order valence-electron chi connectivity index (χ0n) is 34.5. The number of aliphatic hydroxyl groups excluding tert-OH is 1. The molecule has 1 saturated carbocycles. The number of hydrogen-bond donors (Lipinski definition) is 1. The predicted molar refractivity (Wildman–Crippen MR) is 217 cm³/mol. The summed E-state index contributed by atoms with van der Waals surface area (Å²) in [5.74, 6) is -2.51. The topological polar surface area (TPSA) is 115 Å². The van der Waals surface area contributed by atoms with Gasteiger partial charge in [0.25, 0.3) is 5.88 Å². The van der Waals surface area contributed by atoms with Gasteiger partial charge in [0, 0.05) is 28.7 Å². The molecule has 2 aromatic rings. The zero-order valence-corrected chi connectivity index (χ0v) is 37.1. The molecule has 5 atom stereocenters. The molecular formula is C42H61BrFN3O7Si. The molecule has 0 spiro atoms. The van der Waals surface area contributed by atoms with Crippen LogP contribution >= 0.6 is 15.9 Å². The number of aliphatic hydroxyl groups is 1. The van der Waals surface area contributed by atoms with Crippen molar-refractivity contribution in [2.45, 2.75) is 135 Å². The van der Waals surface area contributed by atoms with E-state index >= 15 is 14.0 Å². The Morgan fingerprint density at radius 3 is 2.29 bits per heavy atom. The van der Waals surface area contributed by atoms with E-state index in [0.29, 0.717) is 40.3 Å². The minimum atomic E-state index is -2.90. The minimum Gasteiger partial charge on any atom is -0.507 e. The van der Waals surface area contributed by atoms with Crippen molar-refractivity contribution in [2.75, 3.05) is 40.4 Å². The third kappa shape index (κ3) is 7.05. The highest BCUT2D eigenvalue weighted by molar-refractivity contribution is 9.10. The van der Waals surface area contributed by atoms with Gasteiger partial charge in [-0.2, -0.15) is 0 Å². The van der Waals surface area contributed by atoms with Crippen molar-refractivity contribution in [2.24, 2.45) is 11.8 Å². The number of rotatable bonds is 13. The number of piperidine rings is 1. The van der Waals surface area contributed by atoms with Gasteiger partial charge in [-0.25, -0.2) is 4.39 Å². The minimum absolute atomic E-state index is 0.0482. The number of nitrogens with zero attached hydrogens (tertiary/aromatic N) is 3. The number of unbranched alkanes of at least 4 members (excludes halogenated alkanes) is 2. The largest absolute Gasteiger partial charge is 0.507 e. The molecule has 1 N–H and O–H groups in total. The third-order valence-corrected chi connectivity index (χ3v) is 18.2. The van der Waals surface area contributed by atoms with Crippen LogP contribution in [0.25, 0.3) is 5.76 Å². The Morgan fingerprint density at radius 1 is 1.05 bits per heavy atom. The SMILES string of the molecule is CCCCOc1noc2c1C(=O)[C@@]1(O[Si](C)(C)C(C)(C)C)C(=O)C3=C(O)c4c(c(F)c(C(C)N5CCCCC5)c(Br)c4OCCCC)C[C@H]3C[C@H]1[C@@H]2N(C)C. The van der Waals surface area contributed by atoms with Gasteiger partial charge in [0.2, 0.25) is 11.6 Å². The zero-order chi connectivity index (χ0) is 40.2. The lowest BCUT2D eigenvalue weighted by Gasteiger charge is -2.55. The van der Waals surface area contributed by atoms with Crippen LogP contribution in [0.2, 0.25) is 18.1 Å². The molecule has 1 aromatic carbocycles. The van der Waals surface area contributed by atoms with Crippen molar-refractivity contribution in [3.05, 3.63) is 43.9 Å². The molecule has 1 unspecified atom stereocenters. The predicted octanol–water partition coefficient (Wildman–Crippen LogP) is 9.77. The number of ketones is 2. The first-order valence-electron chi connectivity index (χ1n) is 20.4. The molecule has 2 fully saturated rings. The number of Topliss-reactive ketones (excluding diaryl/α,β-unsaturated/α-hetero) is 2. The highest BCUT2D eigenvalue weighted by Crippen LogP contribution is 2.60. The lowest BCUT2D eigenvalue weighted by Crippen LogP contribution is -2.68. The third-order valence-electron chi connectivity index (χ3n) is 13.0. The van der Waals surface area contributed by atoms with Crippen molar-refractivity contribution in [3.8, 4) is 11.6 Å². The van der Waals surface area contributed by atoms with Gasteiger partial charge in [0.15, 0.2) is 19.7 Å². The smallest absolute Gasteiger partial charge is 0.265 e. The Kier molecular flexibility index (Phi) is 12.2. The molecule has 55 heavy (non-hydrogen) atoms. The van der Waals surface area contributed by atoms with E-state index < -0.39 is 49.2 Å². The standard InChI is InChI=1S/C42H61BrFN3O7Si/c1-11-13-20-51-36-30-26(33(44)28(32(36)43)24(3)47-18-16-15-17-19-47)22-25-23-27-34(46(7)8)37-31(40(45-53-37)52-21-14-12-2)39(50)42(27,38(49)29(25)35(30)48)54-55(9,10)41(4,5)6/h24-25,27,34,48H,11-23H2,1-10H3/t24?,25-,27-,34-,42-/m0/s1. The van der Waals surface area contributed by atoms with Gasteiger partial charge in [-0.1, -0.05) is 53.9 Å². The van der Waals surface area contributed by atoms with Crippen molar-refractivity contribution in [1.29, 1.82) is 0 Å². The van der Waals surface area contributed by atoms with Gasteiger partial charge < -0.3 is 23.5 Å². The highest BCUT2D eigenvalue weighted by atomic mass is 79.9. The fraction of sp³-hybridized carbons (Fsp3) is 0.690. The molecule has 1 saturated heterocycles. The van der Waals surface area contributed by atoms with Crippen LogP contribution in [0.15, 0.2) is 14.6 Å². The maximum absolute atomic E-state index is 17.3. The fourth-order valence-corrected chi connectivity index (χ4v) is 11.2. The van der Waals surface area contributed by atoms with Crippen molar-refractivity contribution < 1.29 is 37.5 Å². The molecule has 4 aliphatic rings. The van der Waals surface area contributed by atoms with Gasteiger partial charge in [-0.3, -0.25) is 19.4 Å². The molecule has 0 amide bonds. The molecule has 0 radical (unpaired) electrons. The quantitative estimate of drug-likeness (QED) is 0.119. The summed E-state index contributed by atoms with van der Waals surface area (Å²) in [6.07, 6.45) is 6.93. The van der Waals surface area contributed by atoms with E-state index in [9.17, 15) is 5.11 Å². The van der Waals surface area contributed by atoms with Crippen LogP contribution in [-0.2, 0) is 15.6 Å². The number of carbonyl (C=O) groups excluding carboxylic acids is 2. The van der Waals surface area contributed by atoms with Crippen LogP contribution in [-0.4, -0.2) is 85.9 Å². The second-order valence-corrected chi connectivity index (χ2v) is 23.3. The monoisotopic (exact) mass is 845 g/mol. The number of carbonyl (C=O) groups is 2. The summed E-state index contributed by atoms with van der Waals surface area (Å²) >= 11 is 3.75. The Labute approximate surface area is 335 Å². The summed E-state index contributed by atoms with van der Waals surface area (Å²) in [4.78, 5) is 35.4. The van der Waals surface area contributed by atoms with Crippen LogP contribution in [0.4, 0.5) is 4.39 Å². The number of hydrogen-bond acceptors (Lipinski definition) is 10. The Bertz CT molecular complexity index is 1830. The average molecular weight is 847 g/mol. The number of likely N-dealkylation sites (tertiary alicyclic amines) is 1. The normalized spacial score (nSPS) is 25.1. The first kappa shape index (κ1) is 42.0. The summed E-state index contributed by atoms with van der Waals surface area (Å²) in [5.41, 5.74) is -0.801. The molecule has 6 rings (SSSR count). The number of halogens is 2. The summed E-state index contributed by atoms with van der Waals surface area (Å²) in [5, 5.41) is 16.4. The van der Waals surface area contributed by atoms with Crippen LogP contribution in [0.5, 0.6) is 11.6 Å². The fourth-order valence-electron chi connectivity index (χ4n) is 8.92. The lowest BCUT2D eigenvalue weighted by molar-refractivity contribution is -0.140. The Hall–Kier alpha value is -2.58. The highest BCUT2D eigenvalue weighted by Gasteiger charge is 2.69. The van der Waals surface area contributed by atoms with Crippen molar-refractivity contribution >= 4 is 41.6 Å². The van der Waals surface area contributed by atoms with E-state index in [4.69, 9.17) is 18.4 Å². The molecule has 1 aromatic heterocycles. The molecule has 2 heterocycles. The second-order valence-electron chi connectivity index (χ2n) is 17.8. The van der Waals surface area contributed by atoms with Gasteiger partial charge >= 0.3 is 0 Å². The molecular weight excluding hydrogens is 785 g/mol. The molecule has 0 bridgehead atoms. The summed E-state index contributed by atoms with van der Waals surface area (Å²) < 4.78 is 43.5. The molecule has 13 heteroatoms. The maximum atomic E-state index is 17.3. The van der Waals surface area contributed by atoms with Crippen molar-refractivity contribution in [1.82, 2.24) is 15.0 Å². The van der Waals surface area contributed by atoms with E-state index in [2.05, 4.69) is 53.7 Å². The van der Waals surface area contributed by atoms with Crippen molar-refractivity contribution in [3.63, 3.8) is 0 Å². The Morgan fingerprint density at radius 2 is 1.69 bits per heavy atom. The first-order chi connectivity index (χ1) is 25.9. The lowest BCUT2D eigenvalue weighted by atomic mass is 9.57. The molecule has 1 aliphatic heterocycles. The van der Waals surface area contributed by atoms with E-state index in [1.54, 1.807) is 0 Å². The Balaban J connectivity index is 1.59. The number of fused-ring (bicyclic) bond motifs is 4. The molecule has 3 aliphatic carbocycles. The molecule has 10 nitrogen and oxygen atoms in total. The number of benzene rings is 1. The number of ether oxygens (including phenoxy) is 2. The van der Waals surface area contributed by atoms with Crippen LogP contribution in [0.3, 0.4) is 0 Å². The van der Waals surface area contributed by atoms with Crippen LogP contribution in [0, 0.1) is 17.7 Å². The van der Waals surface area contributed by atoms with Crippen LogP contribution in [0.1, 0.15) is 138 Å². The van der Waals surface area contributed by atoms with Crippen LogP contribution < -0.4 is 9.47 Å². The van der Waals surface area contributed by atoms with Gasteiger partial charge in [0.1, 0.15) is 22.9 Å². The number of aromatic nitrogens is 1. The summed E-state index contributed by atoms with van der Waals surface area (Å²) in [6.45, 7) is 18.8. The van der Waals surface area contributed by atoms with E-state index in [1.807, 2.05) is 45.9 Å². The van der Waals surface area contributed by atoms with Gasteiger partial charge in [-0.15, -0.1) is 0 Å². The van der Waals surface area contributed by atoms with E-state index in [-0.39, 0.29) is 52.3 Å². The second kappa shape index (κ2) is 16.0.